The standard InChI is InChI=1S/C29H39FN6O2/c1-18(31-3)28(37)34-27(21-8-5-4-6-9-21)29(38)36-14-7-10-24(36)23-17-26(33-19(2)32-23)35-15-13-20-11-12-22(30)16-25(20)35/h11-12,16-18,21,24,27,31H,4-10,13-15H2,1-3H3,(H,34,37)/t18-,24-,27-/m0/s1. The van der Waals surface area contributed by atoms with E-state index in [2.05, 4.69) is 15.6 Å². The van der Waals surface area contributed by atoms with E-state index in [1.807, 2.05) is 35.8 Å². The quantitative estimate of drug-likeness (QED) is 0.572. The topological polar surface area (TPSA) is 90.5 Å². The number of nitrogens with one attached hydrogen (secondary N) is 2. The number of aromatic nitrogens is 2. The number of aryl methyl sites for hydroxylation is 1. The van der Waals surface area contributed by atoms with E-state index in [1.165, 1.54) is 12.5 Å². The van der Waals surface area contributed by atoms with Gasteiger partial charge in [0, 0.05) is 24.8 Å². The number of fused-ring (bicyclic) bond motifs is 1. The van der Waals surface area contributed by atoms with Gasteiger partial charge in [0.15, 0.2) is 0 Å². The van der Waals surface area contributed by atoms with Gasteiger partial charge in [0.05, 0.1) is 17.8 Å². The van der Waals surface area contributed by atoms with E-state index in [-0.39, 0.29) is 35.6 Å². The van der Waals surface area contributed by atoms with Crippen LogP contribution in [0.1, 0.15) is 75.0 Å². The number of hydrogen-bond donors (Lipinski definition) is 2. The zero-order valence-corrected chi connectivity index (χ0v) is 22.7. The van der Waals surface area contributed by atoms with E-state index < -0.39 is 6.04 Å². The van der Waals surface area contributed by atoms with Gasteiger partial charge in [-0.2, -0.15) is 0 Å². The van der Waals surface area contributed by atoms with Crippen LogP contribution in [0.4, 0.5) is 15.9 Å². The van der Waals surface area contributed by atoms with Crippen molar-refractivity contribution in [3.8, 4) is 0 Å². The molecule has 3 aliphatic rings. The minimum atomic E-state index is -0.532. The molecule has 0 unspecified atom stereocenters. The molecule has 2 aromatic rings. The number of rotatable bonds is 7. The Morgan fingerprint density at radius 1 is 1.05 bits per heavy atom. The average molecular weight is 523 g/mol. The van der Waals surface area contributed by atoms with E-state index in [4.69, 9.17) is 4.98 Å². The third-order valence-electron chi connectivity index (χ3n) is 8.45. The fourth-order valence-corrected chi connectivity index (χ4v) is 6.25. The van der Waals surface area contributed by atoms with Crippen LogP contribution in [0.15, 0.2) is 24.3 Å². The first kappa shape index (κ1) is 26.5. The number of nitrogens with zero attached hydrogens (tertiary/aromatic N) is 4. The zero-order valence-electron chi connectivity index (χ0n) is 22.7. The normalized spacial score (nSPS) is 21.3. The molecule has 0 radical (unpaired) electrons. The first-order chi connectivity index (χ1) is 18.4. The van der Waals surface area contributed by atoms with Crippen molar-refractivity contribution in [2.24, 2.45) is 5.92 Å². The van der Waals surface area contributed by atoms with Crippen LogP contribution in [-0.4, -0.2) is 58.9 Å². The lowest BCUT2D eigenvalue weighted by molar-refractivity contribution is -0.139. The lowest BCUT2D eigenvalue weighted by Gasteiger charge is -2.35. The molecule has 3 atom stereocenters. The fraction of sp³-hybridized carbons (Fsp3) is 0.586. The van der Waals surface area contributed by atoms with Gasteiger partial charge in [-0.3, -0.25) is 9.59 Å². The molecule has 5 rings (SSSR count). The van der Waals surface area contributed by atoms with Gasteiger partial charge in [-0.25, -0.2) is 14.4 Å². The van der Waals surface area contributed by atoms with Crippen LogP contribution in [0, 0.1) is 18.7 Å². The molecule has 1 aromatic heterocycles. The second-order valence-corrected chi connectivity index (χ2v) is 11.0. The van der Waals surface area contributed by atoms with Gasteiger partial charge >= 0.3 is 0 Å². The average Bonchev–Trinajstić information content (AvgIpc) is 3.58. The summed E-state index contributed by atoms with van der Waals surface area (Å²) in [7, 11) is 1.75. The number of benzene rings is 1. The summed E-state index contributed by atoms with van der Waals surface area (Å²) >= 11 is 0. The Balaban J connectivity index is 1.42. The van der Waals surface area contributed by atoms with Crippen molar-refractivity contribution in [2.75, 3.05) is 25.0 Å². The van der Waals surface area contributed by atoms with Crippen molar-refractivity contribution < 1.29 is 14.0 Å². The monoisotopic (exact) mass is 522 g/mol. The Labute approximate surface area is 224 Å². The maximum atomic E-state index is 14.1. The number of hydrogen-bond acceptors (Lipinski definition) is 6. The minimum Gasteiger partial charge on any atom is -0.343 e. The van der Waals surface area contributed by atoms with E-state index in [9.17, 15) is 14.0 Å². The van der Waals surface area contributed by atoms with Gasteiger partial charge in [-0.15, -0.1) is 0 Å². The van der Waals surface area contributed by atoms with Crippen LogP contribution in [0.3, 0.4) is 0 Å². The Morgan fingerprint density at radius 3 is 2.61 bits per heavy atom. The molecule has 2 amide bonds. The van der Waals surface area contributed by atoms with Crippen molar-refractivity contribution in [1.29, 1.82) is 0 Å². The fourth-order valence-electron chi connectivity index (χ4n) is 6.25. The van der Waals surface area contributed by atoms with Crippen molar-refractivity contribution in [1.82, 2.24) is 25.5 Å². The summed E-state index contributed by atoms with van der Waals surface area (Å²) < 4.78 is 14.0. The van der Waals surface area contributed by atoms with Gasteiger partial charge in [0.1, 0.15) is 23.5 Å². The van der Waals surface area contributed by atoms with Crippen molar-refractivity contribution in [3.05, 3.63) is 47.2 Å². The summed E-state index contributed by atoms with van der Waals surface area (Å²) in [6.45, 7) is 5.03. The van der Waals surface area contributed by atoms with Crippen LogP contribution >= 0.6 is 0 Å². The predicted octanol–water partition coefficient (Wildman–Crippen LogP) is 3.95. The lowest BCUT2D eigenvalue weighted by Crippen LogP contribution is -2.55. The molecule has 3 heterocycles. The zero-order chi connectivity index (χ0) is 26.8. The van der Waals surface area contributed by atoms with Crippen molar-refractivity contribution >= 4 is 23.3 Å². The van der Waals surface area contributed by atoms with Crippen LogP contribution in [0.25, 0.3) is 0 Å². The van der Waals surface area contributed by atoms with E-state index in [0.29, 0.717) is 12.4 Å². The van der Waals surface area contributed by atoms with Crippen LogP contribution in [-0.2, 0) is 16.0 Å². The van der Waals surface area contributed by atoms with E-state index in [1.54, 1.807) is 13.1 Å². The molecule has 2 aliphatic heterocycles. The third-order valence-corrected chi connectivity index (χ3v) is 8.45. The number of carbonyl (C=O) groups excluding carboxylic acids is 2. The third kappa shape index (κ3) is 5.39. The highest BCUT2D eigenvalue weighted by Crippen LogP contribution is 2.38. The van der Waals surface area contributed by atoms with Gasteiger partial charge in [-0.05, 0) is 76.6 Å². The van der Waals surface area contributed by atoms with Gasteiger partial charge in [-0.1, -0.05) is 25.3 Å². The summed E-state index contributed by atoms with van der Waals surface area (Å²) in [6, 6.07) is 5.78. The van der Waals surface area contributed by atoms with Gasteiger partial charge in [0.25, 0.3) is 0 Å². The molecule has 1 aromatic carbocycles. The number of likely N-dealkylation sites (N-methyl/N-ethyl adjacent to an activating group) is 1. The highest BCUT2D eigenvalue weighted by molar-refractivity contribution is 5.90. The Bertz CT molecular complexity index is 1180. The molecular weight excluding hydrogens is 483 g/mol. The minimum absolute atomic E-state index is 0.0116. The van der Waals surface area contributed by atoms with E-state index in [0.717, 1.165) is 74.3 Å². The van der Waals surface area contributed by atoms with Gasteiger partial charge in [0.2, 0.25) is 11.8 Å². The Kier molecular flexibility index (Phi) is 7.93. The first-order valence-electron chi connectivity index (χ1n) is 14.1. The summed E-state index contributed by atoms with van der Waals surface area (Å²) in [5, 5.41) is 6.08. The number of anilines is 2. The second-order valence-electron chi connectivity index (χ2n) is 11.0. The SMILES string of the molecule is CN[C@@H](C)C(=O)N[C@H](C(=O)N1CCC[C@H]1c1cc(N2CCc3ccc(F)cc32)nc(C)n1)C1CCCCC1. The Morgan fingerprint density at radius 2 is 1.84 bits per heavy atom. The maximum Gasteiger partial charge on any atom is 0.246 e. The molecular formula is C29H39FN6O2. The first-order valence-corrected chi connectivity index (χ1v) is 14.1. The smallest absolute Gasteiger partial charge is 0.246 e. The van der Waals surface area contributed by atoms with Crippen LogP contribution in [0.2, 0.25) is 0 Å². The number of carbonyl (C=O) groups is 2. The summed E-state index contributed by atoms with van der Waals surface area (Å²) in [5.74, 6) is 1.08. The van der Waals surface area contributed by atoms with Crippen molar-refractivity contribution in [2.45, 2.75) is 83.3 Å². The van der Waals surface area contributed by atoms with E-state index >= 15 is 0 Å². The molecule has 8 nitrogen and oxygen atoms in total. The summed E-state index contributed by atoms with van der Waals surface area (Å²) in [5.41, 5.74) is 2.75. The second kappa shape index (κ2) is 11.4. The molecule has 2 fully saturated rings. The molecule has 9 heteroatoms. The highest BCUT2D eigenvalue weighted by atomic mass is 19.1. The predicted molar refractivity (Wildman–Crippen MR) is 145 cm³/mol. The number of halogens is 1. The molecule has 1 saturated carbocycles. The van der Waals surface area contributed by atoms with Crippen LogP contribution < -0.4 is 15.5 Å². The molecule has 38 heavy (non-hydrogen) atoms. The lowest BCUT2D eigenvalue weighted by atomic mass is 9.83. The maximum absolute atomic E-state index is 14.1. The molecule has 0 spiro atoms. The molecule has 0 bridgehead atoms. The molecule has 1 saturated heterocycles. The van der Waals surface area contributed by atoms with Crippen molar-refractivity contribution in [3.63, 3.8) is 0 Å². The summed E-state index contributed by atoms with van der Waals surface area (Å²) in [6.07, 6.45) is 7.77. The largest absolute Gasteiger partial charge is 0.343 e. The van der Waals surface area contributed by atoms with Crippen LogP contribution in [0.5, 0.6) is 0 Å². The molecule has 2 N–H and O–H groups in total. The molecule has 204 valence electrons. The Hall–Kier alpha value is -3.07. The highest BCUT2D eigenvalue weighted by Gasteiger charge is 2.40. The number of likely N-dealkylation sites (tertiary alicyclic amines) is 1. The number of amides is 2. The summed E-state index contributed by atoms with van der Waals surface area (Å²) in [4.78, 5) is 40.4. The molecule has 1 aliphatic carbocycles. The van der Waals surface area contributed by atoms with Gasteiger partial charge < -0.3 is 20.4 Å².